The summed E-state index contributed by atoms with van der Waals surface area (Å²) >= 11 is 1.64. The number of carbonyl (C=O) groups excluding carboxylic acids is 1. The molecule has 4 aromatic rings. The number of nitrogens with one attached hydrogen (secondary N) is 1. The molecule has 1 heterocycles. The van der Waals surface area contributed by atoms with Gasteiger partial charge in [-0.1, -0.05) is 42.5 Å². The number of aryl methyl sites for hydroxylation is 2. The van der Waals surface area contributed by atoms with Gasteiger partial charge in [-0.25, -0.2) is 13.4 Å². The molecule has 0 spiro atoms. The molecular weight excluding hydrogens is 440 g/mol. The number of sulfone groups is 1. The van der Waals surface area contributed by atoms with E-state index in [1.807, 2.05) is 68.4 Å². The topological polar surface area (TPSA) is 76.1 Å². The molecule has 0 unspecified atom stereocenters. The highest BCUT2D eigenvalue weighted by Crippen LogP contribution is 2.30. The van der Waals surface area contributed by atoms with Crippen LogP contribution in [-0.4, -0.2) is 25.6 Å². The third-order valence-corrected chi connectivity index (χ3v) is 7.04. The van der Waals surface area contributed by atoms with Crippen molar-refractivity contribution >= 4 is 32.8 Å². The summed E-state index contributed by atoms with van der Waals surface area (Å²) < 4.78 is 24.2. The van der Waals surface area contributed by atoms with Crippen LogP contribution in [0.4, 0.5) is 5.69 Å². The van der Waals surface area contributed by atoms with Crippen LogP contribution in [0.5, 0.6) is 0 Å². The fourth-order valence-corrected chi connectivity index (χ4v) is 5.04. The lowest BCUT2D eigenvalue weighted by Gasteiger charge is -2.13. The first-order valence-electron chi connectivity index (χ1n) is 9.98. The lowest BCUT2D eigenvalue weighted by atomic mass is 9.99. The predicted octanol–water partition coefficient (Wildman–Crippen LogP) is 5.75. The van der Waals surface area contributed by atoms with Crippen molar-refractivity contribution in [3.8, 4) is 22.4 Å². The number of rotatable bonds is 5. The Morgan fingerprint density at radius 3 is 2.28 bits per heavy atom. The van der Waals surface area contributed by atoms with Crippen LogP contribution in [-0.2, 0) is 9.84 Å². The summed E-state index contributed by atoms with van der Waals surface area (Å²) in [7, 11) is -3.41. The Hall–Kier alpha value is -3.29. The standard InChI is InChI=1S/C25H22N2O3S2/c1-16-24(26-17(2)31-16)19-10-7-11-20(14-19)27-25(28)22-13-12-21(32(3,29)30)15-23(22)18-8-5-4-6-9-18/h4-15H,1-3H3,(H,27,28). The Balaban J connectivity index is 1.71. The molecule has 0 bridgehead atoms. The SMILES string of the molecule is Cc1nc(-c2cccc(NC(=O)c3ccc(S(C)(=O)=O)cc3-c3ccccc3)c2)c(C)s1. The molecule has 7 heteroatoms. The molecule has 1 amide bonds. The summed E-state index contributed by atoms with van der Waals surface area (Å²) in [6, 6.07) is 21.4. The Kier molecular flexibility index (Phi) is 5.95. The average Bonchev–Trinajstić information content (AvgIpc) is 3.11. The van der Waals surface area contributed by atoms with Crippen LogP contribution in [0, 0.1) is 13.8 Å². The number of aromatic nitrogens is 1. The second-order valence-corrected chi connectivity index (χ2v) is 10.9. The molecule has 0 aliphatic heterocycles. The minimum absolute atomic E-state index is 0.171. The van der Waals surface area contributed by atoms with Crippen molar-refractivity contribution in [3.63, 3.8) is 0 Å². The molecule has 0 saturated heterocycles. The molecule has 0 aliphatic rings. The molecule has 4 rings (SSSR count). The maximum atomic E-state index is 13.2. The van der Waals surface area contributed by atoms with Crippen molar-refractivity contribution in [2.75, 3.05) is 11.6 Å². The van der Waals surface area contributed by atoms with Crippen LogP contribution in [0.15, 0.2) is 77.7 Å². The molecule has 32 heavy (non-hydrogen) atoms. The Morgan fingerprint density at radius 2 is 1.62 bits per heavy atom. The van der Waals surface area contributed by atoms with Gasteiger partial charge in [0.1, 0.15) is 0 Å². The maximum Gasteiger partial charge on any atom is 0.256 e. The van der Waals surface area contributed by atoms with E-state index in [9.17, 15) is 13.2 Å². The molecular formula is C25H22N2O3S2. The molecule has 1 N–H and O–H groups in total. The highest BCUT2D eigenvalue weighted by molar-refractivity contribution is 7.90. The van der Waals surface area contributed by atoms with Gasteiger partial charge in [0.15, 0.2) is 9.84 Å². The van der Waals surface area contributed by atoms with Gasteiger partial charge in [-0.3, -0.25) is 4.79 Å². The fourth-order valence-electron chi connectivity index (χ4n) is 3.55. The summed E-state index contributed by atoms with van der Waals surface area (Å²) in [5.74, 6) is -0.313. The minimum Gasteiger partial charge on any atom is -0.322 e. The lowest BCUT2D eigenvalue weighted by Crippen LogP contribution is -2.14. The average molecular weight is 463 g/mol. The van der Waals surface area contributed by atoms with Crippen molar-refractivity contribution in [2.45, 2.75) is 18.7 Å². The van der Waals surface area contributed by atoms with E-state index < -0.39 is 9.84 Å². The maximum absolute atomic E-state index is 13.2. The predicted molar refractivity (Wildman–Crippen MR) is 130 cm³/mol. The molecule has 5 nitrogen and oxygen atoms in total. The summed E-state index contributed by atoms with van der Waals surface area (Å²) in [6.45, 7) is 4.00. The van der Waals surface area contributed by atoms with Gasteiger partial charge in [0.2, 0.25) is 0 Å². The molecule has 1 aromatic heterocycles. The first-order valence-corrected chi connectivity index (χ1v) is 12.7. The lowest BCUT2D eigenvalue weighted by molar-refractivity contribution is 0.102. The highest BCUT2D eigenvalue weighted by Gasteiger charge is 2.18. The van der Waals surface area contributed by atoms with E-state index in [2.05, 4.69) is 10.3 Å². The number of hydrogen-bond donors (Lipinski definition) is 1. The van der Waals surface area contributed by atoms with E-state index in [-0.39, 0.29) is 10.8 Å². The van der Waals surface area contributed by atoms with Crippen LogP contribution < -0.4 is 5.32 Å². The quantitative estimate of drug-likeness (QED) is 0.410. The monoisotopic (exact) mass is 462 g/mol. The third-order valence-electron chi connectivity index (χ3n) is 5.05. The van der Waals surface area contributed by atoms with Gasteiger partial charge in [0.05, 0.1) is 15.6 Å². The van der Waals surface area contributed by atoms with Crippen LogP contribution in [0.2, 0.25) is 0 Å². The summed E-state index contributed by atoms with van der Waals surface area (Å²) in [5, 5.41) is 3.94. The van der Waals surface area contributed by atoms with E-state index >= 15 is 0 Å². The third kappa shape index (κ3) is 4.64. The first kappa shape index (κ1) is 21.9. The number of anilines is 1. The van der Waals surface area contributed by atoms with Crippen LogP contribution in [0.25, 0.3) is 22.4 Å². The largest absolute Gasteiger partial charge is 0.322 e. The molecule has 0 aliphatic carbocycles. The van der Waals surface area contributed by atoms with Crippen LogP contribution in [0.1, 0.15) is 20.2 Å². The van der Waals surface area contributed by atoms with Gasteiger partial charge < -0.3 is 5.32 Å². The molecule has 0 radical (unpaired) electrons. The van der Waals surface area contributed by atoms with Crippen molar-refractivity contribution in [1.29, 1.82) is 0 Å². The number of hydrogen-bond acceptors (Lipinski definition) is 5. The zero-order valence-electron chi connectivity index (χ0n) is 17.9. The van der Waals surface area contributed by atoms with Gasteiger partial charge in [-0.2, -0.15) is 0 Å². The van der Waals surface area contributed by atoms with E-state index in [0.29, 0.717) is 16.8 Å². The highest BCUT2D eigenvalue weighted by atomic mass is 32.2. The van der Waals surface area contributed by atoms with Crippen LogP contribution in [0.3, 0.4) is 0 Å². The number of carbonyl (C=O) groups is 1. The molecule has 0 saturated carbocycles. The Labute approximate surface area is 191 Å². The van der Waals surface area contributed by atoms with Crippen molar-refractivity contribution in [3.05, 3.63) is 88.2 Å². The smallest absolute Gasteiger partial charge is 0.256 e. The van der Waals surface area contributed by atoms with Crippen LogP contribution >= 0.6 is 11.3 Å². The van der Waals surface area contributed by atoms with E-state index in [1.54, 1.807) is 23.5 Å². The molecule has 162 valence electrons. The van der Waals surface area contributed by atoms with E-state index in [4.69, 9.17) is 0 Å². The van der Waals surface area contributed by atoms with Crippen molar-refractivity contribution in [2.24, 2.45) is 0 Å². The number of thiazole rings is 1. The first-order chi connectivity index (χ1) is 15.2. The molecule has 0 atom stereocenters. The van der Waals surface area contributed by atoms with Gasteiger partial charge in [0, 0.05) is 27.9 Å². The zero-order chi connectivity index (χ0) is 22.9. The summed E-state index contributed by atoms with van der Waals surface area (Å²) in [6.07, 6.45) is 1.16. The number of amides is 1. The van der Waals surface area contributed by atoms with E-state index in [1.165, 1.54) is 6.07 Å². The second kappa shape index (κ2) is 8.68. The van der Waals surface area contributed by atoms with Crippen molar-refractivity contribution < 1.29 is 13.2 Å². The normalized spacial score (nSPS) is 11.3. The van der Waals surface area contributed by atoms with Gasteiger partial charge in [-0.15, -0.1) is 11.3 Å². The Bertz CT molecular complexity index is 1410. The number of benzene rings is 3. The fraction of sp³-hybridized carbons (Fsp3) is 0.120. The zero-order valence-corrected chi connectivity index (χ0v) is 19.5. The summed E-state index contributed by atoms with van der Waals surface area (Å²) in [5.41, 5.74) is 4.21. The van der Waals surface area contributed by atoms with E-state index in [0.717, 1.165) is 33.0 Å². The van der Waals surface area contributed by atoms with Gasteiger partial charge in [-0.05, 0) is 55.3 Å². The van der Waals surface area contributed by atoms with Gasteiger partial charge >= 0.3 is 0 Å². The Morgan fingerprint density at radius 1 is 0.906 bits per heavy atom. The summed E-state index contributed by atoms with van der Waals surface area (Å²) in [4.78, 5) is 19.1. The number of nitrogens with zero attached hydrogens (tertiary/aromatic N) is 1. The molecule has 3 aromatic carbocycles. The molecule has 0 fully saturated rings. The van der Waals surface area contributed by atoms with Crippen molar-refractivity contribution in [1.82, 2.24) is 4.98 Å². The van der Waals surface area contributed by atoms with Gasteiger partial charge in [0.25, 0.3) is 5.91 Å². The second-order valence-electron chi connectivity index (χ2n) is 7.52. The minimum atomic E-state index is -3.41.